The van der Waals surface area contributed by atoms with Crippen LogP contribution < -0.4 is 0 Å². The average Bonchev–Trinajstić information content (AvgIpc) is 3.66. The van der Waals surface area contributed by atoms with Crippen molar-refractivity contribution in [2.75, 3.05) is 6.61 Å². The van der Waals surface area contributed by atoms with E-state index in [9.17, 15) is 19.4 Å². The van der Waals surface area contributed by atoms with Gasteiger partial charge >= 0.3 is 5.97 Å². The van der Waals surface area contributed by atoms with Crippen LogP contribution in [0.2, 0.25) is 0 Å². The van der Waals surface area contributed by atoms with Crippen LogP contribution >= 0.6 is 0 Å². The van der Waals surface area contributed by atoms with E-state index in [2.05, 4.69) is 0 Å². The lowest BCUT2D eigenvalue weighted by Gasteiger charge is -2.16. The van der Waals surface area contributed by atoms with Crippen molar-refractivity contribution in [3.63, 3.8) is 0 Å². The summed E-state index contributed by atoms with van der Waals surface area (Å²) in [6.07, 6.45) is 3.99. The zero-order chi connectivity index (χ0) is 23.4. The molecular weight excluding hydrogens is 421 g/mol. The molecule has 5 nitrogen and oxygen atoms in total. The monoisotopic (exact) mass is 449 g/mol. The number of aromatic nitrogens is 1. The highest BCUT2D eigenvalue weighted by molar-refractivity contribution is 5.99. The van der Waals surface area contributed by atoms with Gasteiger partial charge in [0, 0.05) is 22.4 Å². The van der Waals surface area contributed by atoms with E-state index in [1.165, 1.54) is 12.1 Å². The van der Waals surface area contributed by atoms with Crippen molar-refractivity contribution < 1.29 is 24.1 Å². The number of halogens is 1. The second-order valence-corrected chi connectivity index (χ2v) is 8.33. The minimum Gasteiger partial charge on any atom is -0.464 e. The Bertz CT molecular complexity index is 1150. The summed E-state index contributed by atoms with van der Waals surface area (Å²) in [6, 6.07) is 14.4. The highest BCUT2D eigenvalue weighted by Crippen LogP contribution is 2.45. The quantitative estimate of drug-likeness (QED) is 0.450. The van der Waals surface area contributed by atoms with Gasteiger partial charge in [-0.2, -0.15) is 0 Å². The predicted octanol–water partition coefficient (Wildman–Crippen LogP) is 5.00. The maximum absolute atomic E-state index is 13.6. The summed E-state index contributed by atoms with van der Waals surface area (Å²) in [5.41, 5.74) is 4.84. The Morgan fingerprint density at radius 2 is 1.91 bits per heavy atom. The minimum absolute atomic E-state index is 0.146. The Morgan fingerprint density at radius 1 is 1.18 bits per heavy atom. The number of carbonyl (C=O) groups is 1. The molecule has 0 amide bonds. The molecule has 172 valence electrons. The van der Waals surface area contributed by atoms with Crippen LogP contribution in [0.1, 0.15) is 49.8 Å². The molecular formula is C27H28FNO4. The first-order valence-electron chi connectivity index (χ1n) is 11.4. The molecule has 0 aliphatic heterocycles. The molecule has 2 aromatic carbocycles. The van der Waals surface area contributed by atoms with E-state index in [0.717, 1.165) is 46.1 Å². The number of benzene rings is 2. The summed E-state index contributed by atoms with van der Waals surface area (Å²) in [7, 11) is 0. The van der Waals surface area contributed by atoms with Crippen LogP contribution in [0.5, 0.6) is 0 Å². The number of para-hydroxylation sites is 1. The van der Waals surface area contributed by atoms with E-state index in [-0.39, 0.29) is 18.8 Å². The summed E-state index contributed by atoms with van der Waals surface area (Å²) in [5.74, 6) is -0.710. The van der Waals surface area contributed by atoms with Crippen molar-refractivity contribution in [2.45, 2.75) is 50.7 Å². The highest BCUT2D eigenvalue weighted by Gasteiger charge is 2.29. The molecule has 1 saturated carbocycles. The van der Waals surface area contributed by atoms with Crippen molar-refractivity contribution in [2.24, 2.45) is 0 Å². The van der Waals surface area contributed by atoms with Gasteiger partial charge in [0.25, 0.3) is 0 Å². The SMILES string of the molecule is CCOC(=O)C(O)C(O)CCC=Cc1c(C2CC2)nc2ccccc2c1-c1ccc(F)cc1. The summed E-state index contributed by atoms with van der Waals surface area (Å²) < 4.78 is 18.4. The van der Waals surface area contributed by atoms with Crippen LogP contribution in [-0.4, -0.2) is 40.0 Å². The Labute approximate surface area is 192 Å². The second-order valence-electron chi connectivity index (χ2n) is 8.33. The highest BCUT2D eigenvalue weighted by atomic mass is 19.1. The van der Waals surface area contributed by atoms with E-state index in [4.69, 9.17) is 9.72 Å². The van der Waals surface area contributed by atoms with E-state index in [0.29, 0.717) is 12.3 Å². The molecule has 1 aliphatic carbocycles. The second kappa shape index (κ2) is 10.2. The number of nitrogens with zero attached hydrogens (tertiary/aromatic N) is 1. The fourth-order valence-electron chi connectivity index (χ4n) is 4.02. The van der Waals surface area contributed by atoms with Crippen molar-refractivity contribution in [3.8, 4) is 11.1 Å². The molecule has 33 heavy (non-hydrogen) atoms. The van der Waals surface area contributed by atoms with Gasteiger partial charge in [-0.1, -0.05) is 42.5 Å². The first-order chi connectivity index (χ1) is 16.0. The molecule has 1 aliphatic rings. The molecule has 0 radical (unpaired) electrons. The molecule has 4 rings (SSSR count). The summed E-state index contributed by atoms with van der Waals surface area (Å²) in [6.45, 7) is 1.79. The van der Waals surface area contributed by atoms with Crippen LogP contribution in [0.3, 0.4) is 0 Å². The normalized spacial score (nSPS) is 15.6. The van der Waals surface area contributed by atoms with Gasteiger partial charge in [-0.3, -0.25) is 4.98 Å². The van der Waals surface area contributed by atoms with Gasteiger partial charge in [0.05, 0.1) is 23.9 Å². The molecule has 0 bridgehead atoms. The Kier molecular flexibility index (Phi) is 7.16. The number of carbonyl (C=O) groups excluding carboxylic acids is 1. The third-order valence-electron chi connectivity index (χ3n) is 5.86. The standard InChI is InChI=1S/C27H28FNO4/c1-2-33-27(32)26(31)23(30)10-6-4-8-21-24(17-13-15-19(28)16-14-17)20-7-3-5-9-22(20)29-25(21)18-11-12-18/h3-5,7-9,13-16,18,23,26,30-31H,2,6,10-12H2,1H3. The lowest BCUT2D eigenvalue weighted by atomic mass is 9.92. The van der Waals surface area contributed by atoms with E-state index in [1.54, 1.807) is 19.1 Å². The number of aliphatic hydroxyl groups excluding tert-OH is 2. The maximum atomic E-state index is 13.6. The fraction of sp³-hybridized carbons (Fsp3) is 0.333. The van der Waals surface area contributed by atoms with Crippen molar-refractivity contribution >= 4 is 22.9 Å². The van der Waals surface area contributed by atoms with Crippen molar-refractivity contribution in [1.29, 1.82) is 0 Å². The first kappa shape index (κ1) is 23.1. The Morgan fingerprint density at radius 3 is 2.61 bits per heavy atom. The van der Waals surface area contributed by atoms with E-state index >= 15 is 0 Å². The number of hydrogen-bond donors (Lipinski definition) is 2. The fourth-order valence-corrected chi connectivity index (χ4v) is 4.02. The summed E-state index contributed by atoms with van der Waals surface area (Å²) in [4.78, 5) is 16.6. The topological polar surface area (TPSA) is 79.7 Å². The lowest BCUT2D eigenvalue weighted by molar-refractivity contribution is -0.159. The molecule has 1 aromatic heterocycles. The zero-order valence-electron chi connectivity index (χ0n) is 18.6. The van der Waals surface area contributed by atoms with Gasteiger partial charge in [-0.15, -0.1) is 0 Å². The van der Waals surface area contributed by atoms with Crippen LogP contribution in [0.4, 0.5) is 4.39 Å². The molecule has 6 heteroatoms. The Balaban J connectivity index is 1.66. The third kappa shape index (κ3) is 5.29. The number of allylic oxidation sites excluding steroid dienone is 1. The van der Waals surface area contributed by atoms with Crippen LogP contribution in [0.15, 0.2) is 54.6 Å². The minimum atomic E-state index is -1.56. The van der Waals surface area contributed by atoms with E-state index < -0.39 is 18.2 Å². The van der Waals surface area contributed by atoms with E-state index in [1.807, 2.05) is 36.4 Å². The third-order valence-corrected chi connectivity index (χ3v) is 5.86. The number of fused-ring (bicyclic) bond motifs is 1. The summed E-state index contributed by atoms with van der Waals surface area (Å²) in [5, 5.41) is 21.0. The van der Waals surface area contributed by atoms with Crippen LogP contribution in [0, 0.1) is 5.82 Å². The molecule has 2 atom stereocenters. The average molecular weight is 450 g/mol. The Hall–Kier alpha value is -3.09. The van der Waals surface area contributed by atoms with Crippen LogP contribution in [0.25, 0.3) is 28.1 Å². The van der Waals surface area contributed by atoms with Crippen molar-refractivity contribution in [3.05, 3.63) is 71.7 Å². The number of hydrogen-bond acceptors (Lipinski definition) is 5. The molecule has 0 spiro atoms. The van der Waals surface area contributed by atoms with Gasteiger partial charge in [0.2, 0.25) is 0 Å². The zero-order valence-corrected chi connectivity index (χ0v) is 18.6. The maximum Gasteiger partial charge on any atom is 0.337 e. The number of esters is 1. The van der Waals surface area contributed by atoms with Gasteiger partial charge in [-0.25, -0.2) is 9.18 Å². The largest absolute Gasteiger partial charge is 0.464 e. The van der Waals surface area contributed by atoms with Gasteiger partial charge in [0.15, 0.2) is 6.10 Å². The summed E-state index contributed by atoms with van der Waals surface area (Å²) >= 11 is 0. The molecule has 3 aromatic rings. The first-order valence-corrected chi connectivity index (χ1v) is 11.4. The van der Waals surface area contributed by atoms with Gasteiger partial charge in [0.1, 0.15) is 5.82 Å². The number of aliphatic hydroxyl groups is 2. The van der Waals surface area contributed by atoms with Crippen molar-refractivity contribution in [1.82, 2.24) is 4.98 Å². The lowest BCUT2D eigenvalue weighted by Crippen LogP contribution is -2.35. The molecule has 2 N–H and O–H groups in total. The van der Waals surface area contributed by atoms with Gasteiger partial charge < -0.3 is 14.9 Å². The number of rotatable bonds is 9. The molecule has 1 heterocycles. The molecule has 0 saturated heterocycles. The van der Waals surface area contributed by atoms with Crippen LogP contribution in [-0.2, 0) is 9.53 Å². The number of pyridine rings is 1. The predicted molar refractivity (Wildman–Crippen MR) is 126 cm³/mol. The van der Waals surface area contributed by atoms with Gasteiger partial charge in [-0.05, 0) is 56.4 Å². The molecule has 2 unspecified atom stereocenters. The number of ether oxygens (including phenoxy) is 1. The smallest absolute Gasteiger partial charge is 0.337 e. The molecule has 1 fully saturated rings.